The van der Waals surface area contributed by atoms with Crippen LogP contribution in [-0.2, 0) is 11.2 Å². The third-order valence-corrected chi connectivity index (χ3v) is 1.54. The Kier molecular flexibility index (Phi) is 3.09. The van der Waals surface area contributed by atoms with Crippen molar-refractivity contribution in [3.8, 4) is 12.3 Å². The van der Waals surface area contributed by atoms with E-state index in [1.54, 1.807) is 6.07 Å². The number of rotatable bonds is 3. The van der Waals surface area contributed by atoms with Crippen LogP contribution in [0.5, 0.6) is 0 Å². The molecule has 0 saturated carbocycles. The van der Waals surface area contributed by atoms with Gasteiger partial charge in [-0.2, -0.15) is 5.10 Å². The Labute approximate surface area is 76.7 Å². The van der Waals surface area contributed by atoms with Gasteiger partial charge in [0.05, 0.1) is 6.42 Å². The maximum absolute atomic E-state index is 11.0. The number of hydrogen-bond acceptors (Lipinski definition) is 2. The highest BCUT2D eigenvalue weighted by molar-refractivity contribution is 5.91. The lowest BCUT2D eigenvalue weighted by atomic mass is 10.3. The highest BCUT2D eigenvalue weighted by Gasteiger charge is 2.02. The number of amides is 1. The van der Waals surface area contributed by atoms with Gasteiger partial charge in [0.25, 0.3) is 0 Å². The van der Waals surface area contributed by atoms with E-state index in [9.17, 15) is 4.79 Å². The monoisotopic (exact) mass is 177 g/mol. The van der Waals surface area contributed by atoms with Crippen molar-refractivity contribution < 1.29 is 4.79 Å². The second-order valence-electron chi connectivity index (χ2n) is 2.56. The smallest absolute Gasteiger partial charge is 0.237 e. The fraction of sp³-hybridized carbons (Fsp3) is 0.333. The first-order valence-corrected chi connectivity index (χ1v) is 4.04. The van der Waals surface area contributed by atoms with E-state index < -0.39 is 0 Å². The van der Waals surface area contributed by atoms with Crippen LogP contribution in [0.4, 0.5) is 5.82 Å². The van der Waals surface area contributed by atoms with E-state index in [1.165, 1.54) is 0 Å². The lowest BCUT2D eigenvalue weighted by Gasteiger charge is -1.95. The molecule has 0 bridgehead atoms. The van der Waals surface area contributed by atoms with E-state index in [0.29, 0.717) is 5.82 Å². The number of aromatic amines is 1. The summed E-state index contributed by atoms with van der Waals surface area (Å²) in [6.07, 6.45) is 5.91. The molecule has 2 N–H and O–H groups in total. The molecule has 0 aliphatic heterocycles. The Morgan fingerprint density at radius 1 is 1.85 bits per heavy atom. The minimum Gasteiger partial charge on any atom is -0.308 e. The van der Waals surface area contributed by atoms with Crippen LogP contribution in [0.2, 0.25) is 0 Å². The standard InChI is InChI=1S/C9H11N3O/c1-3-5-9(13)10-8-6-7(4-2)11-12-8/h1,6H,4-5H2,2H3,(H2,10,11,12,13). The zero-order valence-electron chi connectivity index (χ0n) is 7.42. The zero-order chi connectivity index (χ0) is 9.68. The minimum absolute atomic E-state index is 0.0777. The molecule has 68 valence electrons. The van der Waals surface area contributed by atoms with Crippen LogP contribution in [0.25, 0.3) is 0 Å². The molecule has 0 radical (unpaired) electrons. The largest absolute Gasteiger partial charge is 0.308 e. The number of aryl methyl sites for hydroxylation is 1. The summed E-state index contributed by atoms with van der Waals surface area (Å²) in [4.78, 5) is 11.0. The average Bonchev–Trinajstić information content (AvgIpc) is 2.52. The maximum atomic E-state index is 11.0. The summed E-state index contributed by atoms with van der Waals surface area (Å²) in [6.45, 7) is 2.00. The number of carbonyl (C=O) groups is 1. The molecular weight excluding hydrogens is 166 g/mol. The summed E-state index contributed by atoms with van der Waals surface area (Å²) in [5.74, 6) is 2.57. The Morgan fingerprint density at radius 3 is 3.15 bits per heavy atom. The lowest BCUT2D eigenvalue weighted by Crippen LogP contribution is -2.10. The maximum Gasteiger partial charge on any atom is 0.237 e. The molecule has 0 fully saturated rings. The van der Waals surface area contributed by atoms with Gasteiger partial charge in [0.2, 0.25) is 5.91 Å². The first-order chi connectivity index (χ1) is 6.26. The van der Waals surface area contributed by atoms with Crippen molar-refractivity contribution in [2.75, 3.05) is 5.32 Å². The molecule has 1 aromatic heterocycles. The van der Waals surface area contributed by atoms with Gasteiger partial charge < -0.3 is 5.32 Å². The predicted octanol–water partition coefficient (Wildman–Crippen LogP) is 0.934. The van der Waals surface area contributed by atoms with E-state index >= 15 is 0 Å². The molecule has 0 atom stereocenters. The molecule has 4 nitrogen and oxygen atoms in total. The summed E-state index contributed by atoms with van der Waals surface area (Å²) in [5, 5.41) is 9.24. The molecule has 1 heterocycles. The van der Waals surface area contributed by atoms with Crippen molar-refractivity contribution in [1.29, 1.82) is 0 Å². The van der Waals surface area contributed by atoms with Crippen LogP contribution in [0, 0.1) is 12.3 Å². The quantitative estimate of drug-likeness (QED) is 0.675. The van der Waals surface area contributed by atoms with Crippen LogP contribution >= 0.6 is 0 Å². The van der Waals surface area contributed by atoms with Crippen molar-refractivity contribution in [1.82, 2.24) is 10.2 Å². The number of nitrogens with one attached hydrogen (secondary N) is 2. The van der Waals surface area contributed by atoms with Crippen molar-refractivity contribution in [3.05, 3.63) is 11.8 Å². The van der Waals surface area contributed by atoms with Crippen LogP contribution < -0.4 is 5.32 Å². The van der Waals surface area contributed by atoms with Crippen LogP contribution in [0.15, 0.2) is 6.07 Å². The summed E-state index contributed by atoms with van der Waals surface area (Å²) >= 11 is 0. The number of anilines is 1. The van der Waals surface area contributed by atoms with Gasteiger partial charge in [-0.25, -0.2) is 0 Å². The molecule has 0 aromatic carbocycles. The summed E-state index contributed by atoms with van der Waals surface area (Å²) in [6, 6.07) is 1.79. The first-order valence-electron chi connectivity index (χ1n) is 4.04. The topological polar surface area (TPSA) is 57.8 Å². The number of terminal acetylenes is 1. The van der Waals surface area contributed by atoms with Crippen molar-refractivity contribution in [3.63, 3.8) is 0 Å². The zero-order valence-corrected chi connectivity index (χ0v) is 7.42. The van der Waals surface area contributed by atoms with Crippen molar-refractivity contribution in [2.45, 2.75) is 19.8 Å². The lowest BCUT2D eigenvalue weighted by molar-refractivity contribution is -0.115. The van der Waals surface area contributed by atoms with E-state index in [0.717, 1.165) is 12.1 Å². The van der Waals surface area contributed by atoms with E-state index in [2.05, 4.69) is 21.4 Å². The fourth-order valence-electron chi connectivity index (χ4n) is 0.887. The van der Waals surface area contributed by atoms with Gasteiger partial charge in [0, 0.05) is 11.8 Å². The van der Waals surface area contributed by atoms with Gasteiger partial charge in [-0.05, 0) is 6.42 Å². The number of nitrogens with zero attached hydrogens (tertiary/aromatic N) is 1. The molecule has 1 rings (SSSR count). The summed E-state index contributed by atoms with van der Waals surface area (Å²) in [5.41, 5.74) is 0.982. The minimum atomic E-state index is -0.211. The first kappa shape index (κ1) is 9.33. The molecule has 13 heavy (non-hydrogen) atoms. The van der Waals surface area contributed by atoms with E-state index in [-0.39, 0.29) is 12.3 Å². The fourth-order valence-corrected chi connectivity index (χ4v) is 0.887. The van der Waals surface area contributed by atoms with Gasteiger partial charge in [0.15, 0.2) is 5.82 Å². The third-order valence-electron chi connectivity index (χ3n) is 1.54. The Balaban J connectivity index is 2.55. The second kappa shape index (κ2) is 4.31. The van der Waals surface area contributed by atoms with E-state index in [4.69, 9.17) is 6.42 Å². The van der Waals surface area contributed by atoms with Crippen LogP contribution in [0.1, 0.15) is 19.0 Å². The highest BCUT2D eigenvalue weighted by Crippen LogP contribution is 2.05. The van der Waals surface area contributed by atoms with Crippen molar-refractivity contribution >= 4 is 11.7 Å². The van der Waals surface area contributed by atoms with Crippen LogP contribution in [-0.4, -0.2) is 16.1 Å². The molecule has 4 heteroatoms. The number of aromatic nitrogens is 2. The Morgan fingerprint density at radius 2 is 2.62 bits per heavy atom. The third kappa shape index (κ3) is 2.64. The van der Waals surface area contributed by atoms with Gasteiger partial charge in [-0.3, -0.25) is 9.89 Å². The normalized spacial score (nSPS) is 9.23. The molecule has 0 aliphatic carbocycles. The summed E-state index contributed by atoms with van der Waals surface area (Å²) in [7, 11) is 0. The molecule has 0 aliphatic rings. The SMILES string of the molecule is C#CCC(=O)Nc1cc(CC)[nH]n1. The van der Waals surface area contributed by atoms with Gasteiger partial charge in [-0.1, -0.05) is 12.8 Å². The highest BCUT2D eigenvalue weighted by atomic mass is 16.1. The van der Waals surface area contributed by atoms with Crippen molar-refractivity contribution in [2.24, 2.45) is 0 Å². The van der Waals surface area contributed by atoms with Gasteiger partial charge in [-0.15, -0.1) is 6.42 Å². The Hall–Kier alpha value is -1.76. The average molecular weight is 177 g/mol. The summed E-state index contributed by atoms with van der Waals surface area (Å²) < 4.78 is 0. The van der Waals surface area contributed by atoms with Gasteiger partial charge in [0.1, 0.15) is 0 Å². The number of carbonyl (C=O) groups excluding carboxylic acids is 1. The molecular formula is C9H11N3O. The van der Waals surface area contributed by atoms with Crippen LogP contribution in [0.3, 0.4) is 0 Å². The second-order valence-corrected chi connectivity index (χ2v) is 2.56. The molecule has 0 spiro atoms. The predicted molar refractivity (Wildman–Crippen MR) is 50.0 cm³/mol. The van der Waals surface area contributed by atoms with E-state index in [1.807, 2.05) is 6.92 Å². The number of hydrogen-bond donors (Lipinski definition) is 2. The molecule has 0 saturated heterocycles. The van der Waals surface area contributed by atoms with Gasteiger partial charge >= 0.3 is 0 Å². The number of H-pyrrole nitrogens is 1. The molecule has 1 amide bonds. The molecule has 0 unspecified atom stereocenters. The molecule has 1 aromatic rings. The Bertz CT molecular complexity index is 335.